The Kier molecular flexibility index (Phi) is 2.76. The standard InChI is InChI=1S/C9H18O3/c1-4-11-8(2)6-5-7-9(8,3)12-10/h10H,4-7H2,1-3H3. The van der Waals surface area contributed by atoms with E-state index in [4.69, 9.17) is 9.99 Å². The highest BCUT2D eigenvalue weighted by Gasteiger charge is 2.51. The van der Waals surface area contributed by atoms with Crippen molar-refractivity contribution in [2.45, 2.75) is 51.2 Å². The summed E-state index contributed by atoms with van der Waals surface area (Å²) in [4.78, 5) is 4.54. The molecule has 0 aromatic carbocycles. The molecule has 0 spiro atoms. The van der Waals surface area contributed by atoms with Crippen LogP contribution in [-0.2, 0) is 9.62 Å². The first-order chi connectivity index (χ1) is 5.58. The quantitative estimate of drug-likeness (QED) is 0.526. The molecule has 1 N–H and O–H groups in total. The van der Waals surface area contributed by atoms with Crippen molar-refractivity contribution in [1.82, 2.24) is 0 Å². The molecule has 0 aliphatic heterocycles. The Bertz CT molecular complexity index is 160. The Morgan fingerprint density at radius 3 is 2.33 bits per heavy atom. The van der Waals surface area contributed by atoms with Crippen molar-refractivity contribution in [1.29, 1.82) is 0 Å². The maximum absolute atomic E-state index is 8.81. The van der Waals surface area contributed by atoms with Gasteiger partial charge in [0.15, 0.2) is 0 Å². The van der Waals surface area contributed by atoms with E-state index in [1.54, 1.807) is 0 Å². The molecule has 12 heavy (non-hydrogen) atoms. The van der Waals surface area contributed by atoms with Gasteiger partial charge in [-0.2, -0.15) is 0 Å². The molecular weight excluding hydrogens is 156 g/mol. The third-order valence-corrected chi connectivity index (χ3v) is 3.09. The van der Waals surface area contributed by atoms with Gasteiger partial charge in [-0.25, -0.2) is 4.89 Å². The van der Waals surface area contributed by atoms with Crippen LogP contribution in [0.3, 0.4) is 0 Å². The van der Waals surface area contributed by atoms with E-state index in [0.29, 0.717) is 6.61 Å². The van der Waals surface area contributed by atoms with Gasteiger partial charge < -0.3 is 4.74 Å². The molecule has 2 unspecified atom stereocenters. The van der Waals surface area contributed by atoms with Crippen LogP contribution in [-0.4, -0.2) is 23.1 Å². The molecule has 1 saturated carbocycles. The maximum atomic E-state index is 8.81. The molecule has 0 heterocycles. The van der Waals surface area contributed by atoms with E-state index in [1.807, 2.05) is 20.8 Å². The molecule has 0 radical (unpaired) electrons. The summed E-state index contributed by atoms with van der Waals surface area (Å²) >= 11 is 0. The molecule has 3 heteroatoms. The highest BCUT2D eigenvalue weighted by Crippen LogP contribution is 2.43. The summed E-state index contributed by atoms with van der Waals surface area (Å²) in [5.41, 5.74) is -0.848. The highest BCUT2D eigenvalue weighted by molar-refractivity contribution is 5.01. The van der Waals surface area contributed by atoms with Crippen LogP contribution in [0.1, 0.15) is 40.0 Å². The van der Waals surface area contributed by atoms with Gasteiger partial charge in [0.05, 0.1) is 5.60 Å². The van der Waals surface area contributed by atoms with Crippen LogP contribution < -0.4 is 0 Å². The smallest absolute Gasteiger partial charge is 0.129 e. The average molecular weight is 174 g/mol. The molecule has 0 amide bonds. The Morgan fingerprint density at radius 2 is 1.83 bits per heavy atom. The largest absolute Gasteiger partial charge is 0.372 e. The van der Waals surface area contributed by atoms with Crippen LogP contribution in [0.25, 0.3) is 0 Å². The molecule has 1 rings (SSSR count). The summed E-state index contributed by atoms with van der Waals surface area (Å²) in [6.45, 7) is 6.52. The molecule has 1 fully saturated rings. The SMILES string of the molecule is CCOC1(C)CCCC1(C)OO. The molecule has 1 aliphatic rings. The van der Waals surface area contributed by atoms with Crippen LogP contribution in [0.15, 0.2) is 0 Å². The second kappa shape index (κ2) is 3.32. The van der Waals surface area contributed by atoms with E-state index in [9.17, 15) is 0 Å². The fraction of sp³-hybridized carbons (Fsp3) is 1.00. The van der Waals surface area contributed by atoms with Gasteiger partial charge in [0.25, 0.3) is 0 Å². The molecule has 0 aromatic rings. The normalized spacial score (nSPS) is 42.0. The second-order valence-corrected chi connectivity index (χ2v) is 3.84. The monoisotopic (exact) mass is 174 g/mol. The van der Waals surface area contributed by atoms with Gasteiger partial charge in [-0.15, -0.1) is 0 Å². The first-order valence-electron chi connectivity index (χ1n) is 4.54. The molecule has 2 atom stereocenters. The van der Waals surface area contributed by atoms with Crippen molar-refractivity contribution >= 4 is 0 Å². The predicted molar refractivity (Wildman–Crippen MR) is 46.0 cm³/mol. The van der Waals surface area contributed by atoms with Crippen molar-refractivity contribution in [2.75, 3.05) is 6.61 Å². The summed E-state index contributed by atoms with van der Waals surface area (Å²) in [7, 11) is 0. The van der Waals surface area contributed by atoms with Gasteiger partial charge in [-0.3, -0.25) is 5.26 Å². The van der Waals surface area contributed by atoms with Crippen molar-refractivity contribution in [3.05, 3.63) is 0 Å². The summed E-state index contributed by atoms with van der Waals surface area (Å²) in [6, 6.07) is 0. The zero-order valence-corrected chi connectivity index (χ0v) is 8.09. The highest BCUT2D eigenvalue weighted by atomic mass is 17.1. The lowest BCUT2D eigenvalue weighted by molar-refractivity contribution is -0.354. The zero-order chi connectivity index (χ0) is 9.24. The van der Waals surface area contributed by atoms with Crippen molar-refractivity contribution < 1.29 is 14.9 Å². The van der Waals surface area contributed by atoms with Crippen molar-refractivity contribution in [3.8, 4) is 0 Å². The minimum Gasteiger partial charge on any atom is -0.372 e. The van der Waals surface area contributed by atoms with Gasteiger partial charge in [-0.1, -0.05) is 0 Å². The molecule has 3 nitrogen and oxygen atoms in total. The van der Waals surface area contributed by atoms with Gasteiger partial charge in [0, 0.05) is 6.61 Å². The van der Waals surface area contributed by atoms with Crippen LogP contribution in [0.4, 0.5) is 0 Å². The maximum Gasteiger partial charge on any atom is 0.129 e. The van der Waals surface area contributed by atoms with E-state index in [-0.39, 0.29) is 5.60 Å². The third-order valence-electron chi connectivity index (χ3n) is 3.09. The van der Waals surface area contributed by atoms with Crippen LogP contribution in [0, 0.1) is 0 Å². The first-order valence-corrected chi connectivity index (χ1v) is 4.54. The third kappa shape index (κ3) is 1.37. The minimum atomic E-state index is -0.525. The van der Waals surface area contributed by atoms with Gasteiger partial charge in [0.2, 0.25) is 0 Å². The number of rotatable bonds is 3. The lowest BCUT2D eigenvalue weighted by Gasteiger charge is -2.37. The second-order valence-electron chi connectivity index (χ2n) is 3.84. The Morgan fingerprint density at radius 1 is 1.25 bits per heavy atom. The topological polar surface area (TPSA) is 38.7 Å². The Hall–Kier alpha value is -0.120. The van der Waals surface area contributed by atoms with Gasteiger partial charge in [-0.05, 0) is 40.0 Å². The zero-order valence-electron chi connectivity index (χ0n) is 8.09. The van der Waals surface area contributed by atoms with Crippen LogP contribution >= 0.6 is 0 Å². The average Bonchev–Trinajstić information content (AvgIpc) is 2.30. The number of hydrogen-bond donors (Lipinski definition) is 1. The van der Waals surface area contributed by atoms with E-state index in [0.717, 1.165) is 19.3 Å². The minimum absolute atomic E-state index is 0.323. The fourth-order valence-electron chi connectivity index (χ4n) is 1.98. The van der Waals surface area contributed by atoms with Crippen LogP contribution in [0.5, 0.6) is 0 Å². The lowest BCUT2D eigenvalue weighted by atomic mass is 9.89. The van der Waals surface area contributed by atoms with Gasteiger partial charge >= 0.3 is 0 Å². The molecule has 0 saturated heterocycles. The summed E-state index contributed by atoms with van der Waals surface area (Å²) in [5.74, 6) is 0. The molecular formula is C9H18O3. The molecule has 0 bridgehead atoms. The van der Waals surface area contributed by atoms with Crippen molar-refractivity contribution in [2.24, 2.45) is 0 Å². The molecule has 0 aromatic heterocycles. The Labute approximate surface area is 73.6 Å². The summed E-state index contributed by atoms with van der Waals surface area (Å²) in [5, 5.41) is 8.81. The number of ether oxygens (including phenoxy) is 1. The van der Waals surface area contributed by atoms with E-state index in [1.165, 1.54) is 0 Å². The van der Waals surface area contributed by atoms with Crippen molar-refractivity contribution in [3.63, 3.8) is 0 Å². The predicted octanol–water partition coefficient (Wildman–Crippen LogP) is 2.21. The Balaban J connectivity index is 2.73. The van der Waals surface area contributed by atoms with E-state index >= 15 is 0 Å². The summed E-state index contributed by atoms with van der Waals surface area (Å²) < 4.78 is 5.61. The van der Waals surface area contributed by atoms with E-state index in [2.05, 4.69) is 4.89 Å². The first kappa shape index (κ1) is 9.96. The molecule has 1 aliphatic carbocycles. The van der Waals surface area contributed by atoms with Crippen LogP contribution in [0.2, 0.25) is 0 Å². The molecule has 72 valence electrons. The number of hydrogen-bond acceptors (Lipinski definition) is 3. The van der Waals surface area contributed by atoms with Gasteiger partial charge in [0.1, 0.15) is 5.60 Å². The lowest BCUT2D eigenvalue weighted by Crippen LogP contribution is -2.48. The summed E-state index contributed by atoms with van der Waals surface area (Å²) in [6.07, 6.45) is 2.87. The fourth-order valence-corrected chi connectivity index (χ4v) is 1.98. The van der Waals surface area contributed by atoms with E-state index < -0.39 is 5.60 Å².